The minimum absolute atomic E-state index is 0.317. The number of hydrogen-bond acceptors (Lipinski definition) is 4. The van der Waals surface area contributed by atoms with Crippen LogP contribution in [0.25, 0.3) is 11.0 Å². The number of rotatable bonds is 4. The van der Waals surface area contributed by atoms with Crippen molar-refractivity contribution in [2.75, 3.05) is 14.2 Å². The molecule has 4 nitrogen and oxygen atoms in total. The predicted octanol–water partition coefficient (Wildman–Crippen LogP) is 3.32. The molecule has 0 amide bonds. The molecule has 1 aromatic carbocycles. The van der Waals surface area contributed by atoms with E-state index in [1.807, 2.05) is 32.1 Å². The van der Waals surface area contributed by atoms with Gasteiger partial charge in [-0.1, -0.05) is 11.6 Å². The van der Waals surface area contributed by atoms with Crippen LogP contribution in [-0.4, -0.2) is 14.2 Å². The molecule has 0 atom stereocenters. The van der Waals surface area contributed by atoms with Crippen molar-refractivity contribution in [3.8, 4) is 11.5 Å². The highest BCUT2D eigenvalue weighted by Crippen LogP contribution is 2.31. The molecule has 2 aromatic rings. The van der Waals surface area contributed by atoms with E-state index in [2.05, 4.69) is 0 Å². The van der Waals surface area contributed by atoms with Crippen molar-refractivity contribution in [3.63, 3.8) is 0 Å². The number of ether oxygens (including phenoxy) is 2. The molecule has 0 saturated carbocycles. The van der Waals surface area contributed by atoms with Gasteiger partial charge < -0.3 is 13.9 Å². The predicted molar refractivity (Wildman–Crippen MR) is 78.7 cm³/mol. The SMILES string of the molecule is COc1cc2cc(CC=C(C)C)c(=O)oc2cc1OC. The summed E-state index contributed by atoms with van der Waals surface area (Å²) in [6.07, 6.45) is 2.56. The van der Waals surface area contributed by atoms with E-state index < -0.39 is 0 Å². The Morgan fingerprint density at radius 2 is 1.80 bits per heavy atom. The Hall–Kier alpha value is -2.23. The number of methoxy groups -OCH3 is 2. The standard InChI is InChI=1S/C16H18O4/c1-10(2)5-6-11-7-12-8-14(18-3)15(19-4)9-13(12)20-16(11)17/h5,7-9H,6H2,1-4H3. The van der Waals surface area contributed by atoms with Crippen molar-refractivity contribution in [3.05, 3.63) is 45.8 Å². The molecule has 0 N–H and O–H groups in total. The molecule has 1 aromatic heterocycles. The van der Waals surface area contributed by atoms with Crippen molar-refractivity contribution in [2.24, 2.45) is 0 Å². The highest BCUT2D eigenvalue weighted by molar-refractivity contribution is 5.81. The van der Waals surface area contributed by atoms with E-state index in [0.717, 1.165) is 11.0 Å². The molecule has 1 heterocycles. The van der Waals surface area contributed by atoms with Gasteiger partial charge in [0, 0.05) is 17.0 Å². The van der Waals surface area contributed by atoms with Gasteiger partial charge in [-0.15, -0.1) is 0 Å². The first kappa shape index (κ1) is 14.2. The molecule has 0 saturated heterocycles. The summed E-state index contributed by atoms with van der Waals surface area (Å²) in [6.45, 7) is 3.99. The summed E-state index contributed by atoms with van der Waals surface area (Å²) in [5, 5.41) is 0.819. The Kier molecular flexibility index (Phi) is 4.13. The summed E-state index contributed by atoms with van der Waals surface area (Å²) < 4.78 is 15.8. The van der Waals surface area contributed by atoms with E-state index in [-0.39, 0.29) is 5.63 Å². The van der Waals surface area contributed by atoms with Crippen LogP contribution < -0.4 is 15.1 Å². The van der Waals surface area contributed by atoms with Crippen molar-refractivity contribution in [2.45, 2.75) is 20.3 Å². The fourth-order valence-corrected chi connectivity index (χ4v) is 1.95. The van der Waals surface area contributed by atoms with Crippen molar-refractivity contribution < 1.29 is 13.9 Å². The summed E-state index contributed by atoms with van der Waals surface area (Å²) in [7, 11) is 3.12. The first-order valence-electron chi connectivity index (χ1n) is 6.37. The second-order valence-electron chi connectivity index (χ2n) is 4.79. The van der Waals surface area contributed by atoms with Gasteiger partial charge >= 0.3 is 5.63 Å². The molecule has 0 fully saturated rings. The zero-order valence-corrected chi connectivity index (χ0v) is 12.1. The van der Waals surface area contributed by atoms with E-state index in [1.165, 1.54) is 0 Å². The first-order valence-corrected chi connectivity index (χ1v) is 6.37. The van der Waals surface area contributed by atoms with E-state index in [0.29, 0.717) is 29.1 Å². The lowest BCUT2D eigenvalue weighted by atomic mass is 10.1. The topological polar surface area (TPSA) is 48.7 Å². The molecule has 0 aliphatic carbocycles. The Balaban J connectivity index is 2.57. The highest BCUT2D eigenvalue weighted by atomic mass is 16.5. The molecule has 0 aliphatic rings. The third-order valence-corrected chi connectivity index (χ3v) is 3.04. The van der Waals surface area contributed by atoms with Gasteiger partial charge in [0.1, 0.15) is 5.58 Å². The Morgan fingerprint density at radius 1 is 1.15 bits per heavy atom. The molecule has 0 spiro atoms. The monoisotopic (exact) mass is 274 g/mol. The average Bonchev–Trinajstić information content (AvgIpc) is 2.43. The molecule has 0 bridgehead atoms. The second kappa shape index (κ2) is 5.82. The summed E-state index contributed by atoms with van der Waals surface area (Å²) in [5.74, 6) is 1.15. The van der Waals surface area contributed by atoms with E-state index in [9.17, 15) is 4.79 Å². The molecule has 4 heteroatoms. The minimum Gasteiger partial charge on any atom is -0.493 e. The van der Waals surface area contributed by atoms with Gasteiger partial charge in [0.05, 0.1) is 14.2 Å². The van der Waals surface area contributed by atoms with Crippen molar-refractivity contribution in [1.29, 1.82) is 0 Å². The first-order chi connectivity index (χ1) is 9.55. The van der Waals surface area contributed by atoms with Gasteiger partial charge in [-0.3, -0.25) is 0 Å². The average molecular weight is 274 g/mol. The van der Waals surface area contributed by atoms with Gasteiger partial charge in [-0.05, 0) is 32.4 Å². The maximum absolute atomic E-state index is 11.9. The molecular weight excluding hydrogens is 256 g/mol. The zero-order chi connectivity index (χ0) is 14.7. The van der Waals surface area contributed by atoms with Crippen LogP contribution in [0.2, 0.25) is 0 Å². The smallest absolute Gasteiger partial charge is 0.339 e. The fraction of sp³-hybridized carbons (Fsp3) is 0.312. The summed E-state index contributed by atoms with van der Waals surface area (Å²) in [5.41, 5.74) is 1.97. The zero-order valence-electron chi connectivity index (χ0n) is 12.1. The molecule has 2 rings (SSSR count). The summed E-state index contributed by atoms with van der Waals surface area (Å²) >= 11 is 0. The molecule has 0 aliphatic heterocycles. The van der Waals surface area contributed by atoms with Gasteiger partial charge in [-0.2, -0.15) is 0 Å². The van der Waals surface area contributed by atoms with Crippen molar-refractivity contribution in [1.82, 2.24) is 0 Å². The van der Waals surface area contributed by atoms with Crippen LogP contribution in [-0.2, 0) is 6.42 Å². The molecule has 0 radical (unpaired) electrons. The van der Waals surface area contributed by atoms with E-state index in [1.54, 1.807) is 20.3 Å². The van der Waals surface area contributed by atoms with Crippen molar-refractivity contribution >= 4 is 11.0 Å². The number of allylic oxidation sites excluding steroid dienone is 2. The maximum atomic E-state index is 11.9. The van der Waals surface area contributed by atoms with E-state index in [4.69, 9.17) is 13.9 Å². The fourth-order valence-electron chi connectivity index (χ4n) is 1.95. The number of benzene rings is 1. The third kappa shape index (κ3) is 2.85. The van der Waals surface area contributed by atoms with Crippen LogP contribution in [0.1, 0.15) is 19.4 Å². The van der Waals surface area contributed by atoms with Gasteiger partial charge in [-0.25, -0.2) is 4.79 Å². The molecule has 20 heavy (non-hydrogen) atoms. The lowest BCUT2D eigenvalue weighted by Crippen LogP contribution is -2.06. The van der Waals surface area contributed by atoms with Gasteiger partial charge in [0.2, 0.25) is 0 Å². The van der Waals surface area contributed by atoms with Crippen LogP contribution in [0, 0.1) is 0 Å². The Labute approximate surface area is 117 Å². The quantitative estimate of drug-likeness (QED) is 0.634. The van der Waals surface area contributed by atoms with Crippen LogP contribution in [0.5, 0.6) is 11.5 Å². The summed E-state index contributed by atoms with van der Waals surface area (Å²) in [6, 6.07) is 5.31. The van der Waals surface area contributed by atoms with Crippen LogP contribution in [0.4, 0.5) is 0 Å². The minimum atomic E-state index is -0.317. The second-order valence-corrected chi connectivity index (χ2v) is 4.79. The van der Waals surface area contributed by atoms with Crippen LogP contribution >= 0.6 is 0 Å². The van der Waals surface area contributed by atoms with Gasteiger partial charge in [0.25, 0.3) is 0 Å². The third-order valence-electron chi connectivity index (χ3n) is 3.04. The van der Waals surface area contributed by atoms with Crippen LogP contribution in [0.15, 0.2) is 39.1 Å². The lowest BCUT2D eigenvalue weighted by molar-refractivity contribution is 0.355. The van der Waals surface area contributed by atoms with Gasteiger partial charge in [0.15, 0.2) is 11.5 Å². The Morgan fingerprint density at radius 3 is 2.40 bits per heavy atom. The normalized spacial score (nSPS) is 10.4. The van der Waals surface area contributed by atoms with Crippen LogP contribution in [0.3, 0.4) is 0 Å². The number of hydrogen-bond donors (Lipinski definition) is 0. The van der Waals surface area contributed by atoms with E-state index >= 15 is 0 Å². The molecule has 106 valence electrons. The highest BCUT2D eigenvalue weighted by Gasteiger charge is 2.10. The molecule has 0 unspecified atom stereocenters. The molecular formula is C16H18O4. The summed E-state index contributed by atoms with van der Waals surface area (Å²) in [4.78, 5) is 11.9. The number of fused-ring (bicyclic) bond motifs is 1. The lowest BCUT2D eigenvalue weighted by Gasteiger charge is -2.08. The largest absolute Gasteiger partial charge is 0.493 e. The Bertz CT molecular complexity index is 706. The maximum Gasteiger partial charge on any atom is 0.339 e.